The second-order valence-corrected chi connectivity index (χ2v) is 6.18. The van der Waals surface area contributed by atoms with E-state index in [4.69, 9.17) is 10.8 Å². The number of anilines is 1. The smallest absolute Gasteiger partial charge is 0.303 e. The van der Waals surface area contributed by atoms with Gasteiger partial charge in [-0.15, -0.1) is 0 Å². The van der Waals surface area contributed by atoms with Crippen molar-refractivity contribution in [1.29, 1.82) is 0 Å². The first-order chi connectivity index (χ1) is 9.77. The van der Waals surface area contributed by atoms with Crippen molar-refractivity contribution in [3.63, 3.8) is 0 Å². The van der Waals surface area contributed by atoms with Gasteiger partial charge in [-0.25, -0.2) is 4.68 Å². The van der Waals surface area contributed by atoms with Gasteiger partial charge in [0.2, 0.25) is 0 Å². The molecule has 0 radical (unpaired) electrons. The molecular weight excluding hydrogens is 266 g/mol. The summed E-state index contributed by atoms with van der Waals surface area (Å²) in [5.41, 5.74) is 8.72. The molecule has 3 N–H and O–H groups in total. The van der Waals surface area contributed by atoms with Crippen LogP contribution in [0, 0.1) is 0 Å². The number of hydrogen-bond acceptors (Lipinski definition) is 3. The number of aliphatic carboxylic acids is 1. The van der Waals surface area contributed by atoms with Crippen LogP contribution in [0.3, 0.4) is 0 Å². The van der Waals surface area contributed by atoms with Crippen LogP contribution in [0.2, 0.25) is 0 Å². The van der Waals surface area contributed by atoms with Gasteiger partial charge in [-0.1, -0.05) is 32.9 Å². The molecule has 0 aliphatic carbocycles. The number of nitrogens with zero attached hydrogens (tertiary/aromatic N) is 2. The maximum atomic E-state index is 10.7. The van der Waals surface area contributed by atoms with Gasteiger partial charge >= 0.3 is 5.97 Å². The SMILES string of the molecule is CC(C)(C)c1cc(N)n(-c2cccc(CCC(=O)O)c2)n1. The van der Waals surface area contributed by atoms with Crippen molar-refractivity contribution in [3.05, 3.63) is 41.6 Å². The van der Waals surface area contributed by atoms with Crippen LogP contribution in [0.5, 0.6) is 0 Å². The first-order valence-electron chi connectivity index (χ1n) is 6.94. The molecule has 0 fully saturated rings. The van der Waals surface area contributed by atoms with Crippen molar-refractivity contribution >= 4 is 11.8 Å². The average molecular weight is 287 g/mol. The fourth-order valence-electron chi connectivity index (χ4n) is 2.06. The fraction of sp³-hybridized carbons (Fsp3) is 0.375. The van der Waals surface area contributed by atoms with E-state index in [2.05, 4.69) is 25.9 Å². The summed E-state index contributed by atoms with van der Waals surface area (Å²) in [7, 11) is 0. The number of carboxylic acid groups (broad SMARTS) is 1. The zero-order valence-electron chi connectivity index (χ0n) is 12.6. The van der Waals surface area contributed by atoms with Gasteiger partial charge in [-0.05, 0) is 24.1 Å². The first-order valence-corrected chi connectivity index (χ1v) is 6.94. The molecule has 0 amide bonds. The van der Waals surface area contributed by atoms with Gasteiger partial charge in [0, 0.05) is 17.9 Å². The van der Waals surface area contributed by atoms with E-state index < -0.39 is 5.97 Å². The Bertz CT molecular complexity index is 654. The van der Waals surface area contributed by atoms with Gasteiger partial charge in [0.05, 0.1) is 11.4 Å². The number of aromatic nitrogens is 2. The van der Waals surface area contributed by atoms with Gasteiger partial charge in [-0.2, -0.15) is 5.10 Å². The molecule has 2 aromatic rings. The summed E-state index contributed by atoms with van der Waals surface area (Å²) in [6, 6.07) is 9.53. The molecule has 0 aliphatic heterocycles. The molecule has 0 saturated heterocycles. The van der Waals surface area contributed by atoms with Crippen LogP contribution in [-0.4, -0.2) is 20.9 Å². The highest BCUT2D eigenvalue weighted by Crippen LogP contribution is 2.25. The number of rotatable bonds is 4. The van der Waals surface area contributed by atoms with Crippen LogP contribution in [0.4, 0.5) is 5.82 Å². The molecule has 5 nitrogen and oxygen atoms in total. The number of nitrogens with two attached hydrogens (primary N) is 1. The Balaban J connectivity index is 2.32. The van der Waals surface area contributed by atoms with E-state index in [9.17, 15) is 4.79 Å². The number of nitrogen functional groups attached to an aromatic ring is 1. The molecule has 0 bridgehead atoms. The second kappa shape index (κ2) is 5.60. The zero-order chi connectivity index (χ0) is 15.6. The Hall–Kier alpha value is -2.30. The first kappa shape index (κ1) is 15.1. The molecule has 1 heterocycles. The lowest BCUT2D eigenvalue weighted by Gasteiger charge is -2.14. The van der Waals surface area contributed by atoms with E-state index in [1.54, 1.807) is 4.68 Å². The fourth-order valence-corrected chi connectivity index (χ4v) is 2.06. The summed E-state index contributed by atoms with van der Waals surface area (Å²) in [5.74, 6) is -0.218. The van der Waals surface area contributed by atoms with E-state index in [1.165, 1.54) is 0 Å². The monoisotopic (exact) mass is 287 g/mol. The molecular formula is C16H21N3O2. The van der Waals surface area contributed by atoms with Crippen LogP contribution < -0.4 is 5.73 Å². The third-order valence-corrected chi connectivity index (χ3v) is 3.29. The number of aryl methyl sites for hydroxylation is 1. The maximum Gasteiger partial charge on any atom is 0.303 e. The predicted octanol–water partition coefficient (Wildman–Crippen LogP) is 2.77. The lowest BCUT2D eigenvalue weighted by molar-refractivity contribution is -0.136. The Morgan fingerprint density at radius 3 is 2.62 bits per heavy atom. The van der Waals surface area contributed by atoms with Crippen LogP contribution in [0.15, 0.2) is 30.3 Å². The third kappa shape index (κ3) is 3.62. The van der Waals surface area contributed by atoms with Gasteiger partial charge < -0.3 is 10.8 Å². The van der Waals surface area contributed by atoms with Gasteiger partial charge in [-0.3, -0.25) is 4.79 Å². The van der Waals surface area contributed by atoms with Crippen molar-refractivity contribution in [2.45, 2.75) is 39.0 Å². The molecule has 1 aromatic carbocycles. The third-order valence-electron chi connectivity index (χ3n) is 3.29. The quantitative estimate of drug-likeness (QED) is 0.906. The second-order valence-electron chi connectivity index (χ2n) is 6.18. The molecule has 112 valence electrons. The van der Waals surface area contributed by atoms with E-state index in [0.29, 0.717) is 12.2 Å². The molecule has 2 rings (SSSR count). The minimum absolute atomic E-state index is 0.0692. The Kier molecular flexibility index (Phi) is 4.02. The van der Waals surface area contributed by atoms with E-state index in [-0.39, 0.29) is 11.8 Å². The number of carbonyl (C=O) groups is 1. The summed E-state index contributed by atoms with van der Waals surface area (Å²) in [4.78, 5) is 10.7. The predicted molar refractivity (Wildman–Crippen MR) is 82.6 cm³/mol. The van der Waals surface area contributed by atoms with Crippen molar-refractivity contribution in [2.24, 2.45) is 0 Å². The average Bonchev–Trinajstić information content (AvgIpc) is 2.79. The minimum Gasteiger partial charge on any atom is -0.481 e. The summed E-state index contributed by atoms with van der Waals surface area (Å²) in [6.45, 7) is 6.26. The Morgan fingerprint density at radius 1 is 1.33 bits per heavy atom. The largest absolute Gasteiger partial charge is 0.481 e. The Labute approximate surface area is 124 Å². The standard InChI is InChI=1S/C16H21N3O2/c1-16(2,3)13-10-14(17)19(18-13)12-6-4-5-11(9-12)7-8-15(20)21/h4-6,9-10H,7-8,17H2,1-3H3,(H,20,21). The van der Waals surface area contributed by atoms with E-state index in [1.807, 2.05) is 30.3 Å². The lowest BCUT2D eigenvalue weighted by atomic mass is 9.92. The zero-order valence-corrected chi connectivity index (χ0v) is 12.6. The number of benzene rings is 1. The van der Waals surface area contributed by atoms with Crippen LogP contribution in [0.25, 0.3) is 5.69 Å². The van der Waals surface area contributed by atoms with Gasteiger partial charge in [0.1, 0.15) is 5.82 Å². The molecule has 1 aromatic heterocycles. The highest BCUT2D eigenvalue weighted by molar-refractivity contribution is 5.67. The van der Waals surface area contributed by atoms with Crippen molar-refractivity contribution in [1.82, 2.24) is 9.78 Å². The number of hydrogen-bond donors (Lipinski definition) is 2. The summed E-state index contributed by atoms with van der Waals surface area (Å²) < 4.78 is 1.70. The summed E-state index contributed by atoms with van der Waals surface area (Å²) in [6.07, 6.45) is 0.613. The minimum atomic E-state index is -0.797. The highest BCUT2D eigenvalue weighted by atomic mass is 16.4. The summed E-state index contributed by atoms with van der Waals surface area (Å²) >= 11 is 0. The highest BCUT2D eigenvalue weighted by Gasteiger charge is 2.19. The molecule has 0 saturated carbocycles. The molecule has 0 unspecified atom stereocenters. The van der Waals surface area contributed by atoms with E-state index >= 15 is 0 Å². The molecule has 0 spiro atoms. The number of carboxylic acids is 1. The topological polar surface area (TPSA) is 81.1 Å². The van der Waals surface area contributed by atoms with Crippen molar-refractivity contribution in [2.75, 3.05) is 5.73 Å². The van der Waals surface area contributed by atoms with Crippen LogP contribution in [-0.2, 0) is 16.6 Å². The van der Waals surface area contributed by atoms with Crippen LogP contribution in [0.1, 0.15) is 38.4 Å². The molecule has 5 heteroatoms. The van der Waals surface area contributed by atoms with Crippen LogP contribution >= 0.6 is 0 Å². The molecule has 0 aliphatic rings. The van der Waals surface area contributed by atoms with Gasteiger partial charge in [0.25, 0.3) is 0 Å². The normalized spacial score (nSPS) is 11.6. The van der Waals surface area contributed by atoms with Gasteiger partial charge in [0.15, 0.2) is 0 Å². The lowest BCUT2D eigenvalue weighted by Crippen LogP contribution is -2.12. The van der Waals surface area contributed by atoms with Crippen molar-refractivity contribution < 1.29 is 9.90 Å². The molecule has 0 atom stereocenters. The summed E-state index contributed by atoms with van der Waals surface area (Å²) in [5, 5.41) is 13.3. The molecule has 21 heavy (non-hydrogen) atoms. The van der Waals surface area contributed by atoms with Crippen molar-refractivity contribution in [3.8, 4) is 5.69 Å². The Morgan fingerprint density at radius 2 is 2.05 bits per heavy atom. The maximum absolute atomic E-state index is 10.7. The van der Waals surface area contributed by atoms with E-state index in [0.717, 1.165) is 16.9 Å².